The first-order valence-electron chi connectivity index (χ1n) is 8.83. The van der Waals surface area contributed by atoms with E-state index in [1.807, 2.05) is 49.4 Å². The minimum atomic E-state index is -0.118. The molecule has 0 unspecified atom stereocenters. The topological polar surface area (TPSA) is 36.8 Å². The Bertz CT molecular complexity index is 754. The number of halogens is 1. The van der Waals surface area contributed by atoms with Crippen molar-refractivity contribution in [3.05, 3.63) is 58.6 Å². The molecule has 1 aliphatic rings. The van der Waals surface area contributed by atoms with Gasteiger partial charge in [0, 0.05) is 11.3 Å². The first-order chi connectivity index (χ1) is 12.1. The zero-order valence-electron chi connectivity index (χ0n) is 14.8. The fraction of sp³-hybridized carbons (Fsp3) is 0.350. The van der Waals surface area contributed by atoms with Gasteiger partial charge in [0.1, 0.15) is 0 Å². The number of aryl methyl sites for hydroxylation is 1. The maximum absolute atomic E-state index is 12.4. The zero-order valence-corrected chi connectivity index (χ0v) is 15.6. The first-order valence-corrected chi connectivity index (χ1v) is 9.20. The second kappa shape index (κ2) is 7.89. The summed E-state index contributed by atoms with van der Waals surface area (Å²) in [5.41, 5.74) is 3.48. The van der Waals surface area contributed by atoms with Gasteiger partial charge in [0.15, 0.2) is 0 Å². The summed E-state index contributed by atoms with van der Waals surface area (Å²) in [6.07, 6.45) is 0. The number of anilines is 2. The Hall–Kier alpha value is -2.04. The summed E-state index contributed by atoms with van der Waals surface area (Å²) in [7, 11) is 0. The molecule has 2 N–H and O–H groups in total. The fourth-order valence-corrected chi connectivity index (χ4v) is 3.55. The second-order valence-electron chi connectivity index (χ2n) is 6.58. The molecule has 1 saturated heterocycles. The molecule has 1 fully saturated rings. The molecule has 4 nitrogen and oxygen atoms in total. The second-order valence-corrected chi connectivity index (χ2v) is 6.99. The molecular weight excluding hydrogens is 334 g/mol. The molecule has 132 valence electrons. The van der Waals surface area contributed by atoms with Crippen LogP contribution in [0, 0.1) is 6.92 Å². The van der Waals surface area contributed by atoms with Gasteiger partial charge in [0.2, 0.25) is 0 Å². The van der Waals surface area contributed by atoms with E-state index in [9.17, 15) is 4.79 Å². The smallest absolute Gasteiger partial charge is 0.255 e. The zero-order chi connectivity index (χ0) is 17.8. The van der Waals surface area contributed by atoms with Gasteiger partial charge >= 0.3 is 0 Å². The number of likely N-dealkylation sites (N-methyl/N-ethyl adjacent to an activating group) is 1. The van der Waals surface area contributed by atoms with E-state index in [-0.39, 0.29) is 5.91 Å². The van der Waals surface area contributed by atoms with Crippen LogP contribution in [-0.2, 0) is 0 Å². The van der Waals surface area contributed by atoms with Crippen LogP contribution < -0.4 is 15.1 Å². The minimum absolute atomic E-state index is 0.118. The van der Waals surface area contributed by atoms with Gasteiger partial charge in [-0.25, -0.2) is 0 Å². The highest BCUT2D eigenvalue weighted by Gasteiger charge is 2.20. The van der Waals surface area contributed by atoms with E-state index in [4.69, 9.17) is 11.6 Å². The fourth-order valence-electron chi connectivity index (χ4n) is 3.25. The predicted octanol–water partition coefficient (Wildman–Crippen LogP) is 2.63. The van der Waals surface area contributed by atoms with Gasteiger partial charge in [-0.15, -0.1) is 0 Å². The number of carbonyl (C=O) groups excluding carboxylic acids is 1. The molecule has 0 saturated carbocycles. The molecule has 1 amide bonds. The summed E-state index contributed by atoms with van der Waals surface area (Å²) < 4.78 is 0. The Morgan fingerprint density at radius 2 is 1.96 bits per heavy atom. The maximum Gasteiger partial charge on any atom is 0.255 e. The van der Waals surface area contributed by atoms with Gasteiger partial charge in [-0.2, -0.15) is 0 Å². The number of quaternary nitrogens is 1. The number of benzene rings is 2. The maximum atomic E-state index is 12.4. The van der Waals surface area contributed by atoms with Crippen LogP contribution in [0.15, 0.2) is 42.5 Å². The lowest BCUT2D eigenvalue weighted by Gasteiger charge is -2.33. The van der Waals surface area contributed by atoms with E-state index in [0.29, 0.717) is 10.6 Å². The number of nitrogens with zero attached hydrogens (tertiary/aromatic N) is 1. The van der Waals surface area contributed by atoms with E-state index in [0.717, 1.165) is 43.1 Å². The van der Waals surface area contributed by atoms with E-state index < -0.39 is 0 Å². The van der Waals surface area contributed by atoms with Crippen LogP contribution in [0.5, 0.6) is 0 Å². The van der Waals surface area contributed by atoms with Crippen molar-refractivity contribution >= 4 is 28.9 Å². The molecule has 2 aromatic carbocycles. The third kappa shape index (κ3) is 4.33. The normalized spacial score (nSPS) is 15.2. The van der Waals surface area contributed by atoms with Crippen LogP contribution in [-0.4, -0.2) is 38.6 Å². The first kappa shape index (κ1) is 17.8. The van der Waals surface area contributed by atoms with Crippen LogP contribution in [0.25, 0.3) is 0 Å². The molecule has 0 radical (unpaired) electrons. The van der Waals surface area contributed by atoms with Crippen molar-refractivity contribution in [1.29, 1.82) is 0 Å². The Labute approximate surface area is 154 Å². The van der Waals surface area contributed by atoms with Crippen molar-refractivity contribution in [1.82, 2.24) is 0 Å². The van der Waals surface area contributed by atoms with Crippen molar-refractivity contribution in [2.75, 3.05) is 42.9 Å². The molecular formula is C20H25ClN3O+. The molecule has 0 bridgehead atoms. The summed E-state index contributed by atoms with van der Waals surface area (Å²) in [6, 6.07) is 13.3. The summed E-state index contributed by atoms with van der Waals surface area (Å²) in [4.78, 5) is 16.3. The van der Waals surface area contributed by atoms with Gasteiger partial charge in [-0.1, -0.05) is 29.3 Å². The number of hydrogen-bond donors (Lipinski definition) is 2. The number of rotatable bonds is 4. The van der Waals surface area contributed by atoms with Gasteiger partial charge in [-0.3, -0.25) is 4.79 Å². The monoisotopic (exact) mass is 358 g/mol. The molecule has 5 heteroatoms. The van der Waals surface area contributed by atoms with Crippen LogP contribution in [0.3, 0.4) is 0 Å². The quantitative estimate of drug-likeness (QED) is 0.881. The standard InChI is InChI=1S/C20H24ClN3O/c1-3-23-9-11-24(12-10-23)19-8-7-17(14-18(19)21)22-20(25)16-6-4-5-15(2)13-16/h4-8,13-14H,3,9-12H2,1-2H3,(H,22,25)/p+1. The minimum Gasteiger partial charge on any atom is -0.359 e. The molecule has 2 aromatic rings. The van der Waals surface area contributed by atoms with Crippen molar-refractivity contribution < 1.29 is 9.69 Å². The summed E-state index contributed by atoms with van der Waals surface area (Å²) >= 11 is 6.49. The van der Waals surface area contributed by atoms with Crippen molar-refractivity contribution in [2.24, 2.45) is 0 Å². The average molecular weight is 359 g/mol. The predicted molar refractivity (Wildman–Crippen MR) is 104 cm³/mol. The molecule has 0 aliphatic carbocycles. The van der Waals surface area contributed by atoms with E-state index in [1.165, 1.54) is 6.54 Å². The van der Waals surface area contributed by atoms with Crippen molar-refractivity contribution in [3.8, 4) is 0 Å². The van der Waals surface area contributed by atoms with E-state index >= 15 is 0 Å². The number of carbonyl (C=O) groups is 1. The van der Waals surface area contributed by atoms with Crippen molar-refractivity contribution in [3.63, 3.8) is 0 Å². The molecule has 0 aromatic heterocycles. The van der Waals surface area contributed by atoms with Gasteiger partial charge in [-0.05, 0) is 44.2 Å². The number of hydrogen-bond acceptors (Lipinski definition) is 2. The van der Waals surface area contributed by atoms with E-state index in [2.05, 4.69) is 17.1 Å². The molecule has 1 heterocycles. The average Bonchev–Trinajstić information content (AvgIpc) is 2.62. The Kier molecular flexibility index (Phi) is 5.61. The summed E-state index contributed by atoms with van der Waals surface area (Å²) in [5, 5.41) is 3.61. The Balaban J connectivity index is 1.69. The van der Waals surface area contributed by atoms with Gasteiger partial charge in [0.05, 0.1) is 43.4 Å². The number of piperazine rings is 1. The lowest BCUT2D eigenvalue weighted by atomic mass is 10.1. The Morgan fingerprint density at radius 3 is 2.60 bits per heavy atom. The van der Waals surface area contributed by atoms with Gasteiger partial charge in [0.25, 0.3) is 5.91 Å². The largest absolute Gasteiger partial charge is 0.359 e. The van der Waals surface area contributed by atoms with Crippen LogP contribution in [0.4, 0.5) is 11.4 Å². The van der Waals surface area contributed by atoms with Crippen LogP contribution in [0.2, 0.25) is 5.02 Å². The third-order valence-electron chi connectivity index (χ3n) is 4.80. The van der Waals surface area contributed by atoms with Gasteiger partial charge < -0.3 is 15.1 Å². The highest BCUT2D eigenvalue weighted by atomic mass is 35.5. The highest BCUT2D eigenvalue weighted by Crippen LogP contribution is 2.29. The van der Waals surface area contributed by atoms with Crippen molar-refractivity contribution in [2.45, 2.75) is 13.8 Å². The summed E-state index contributed by atoms with van der Waals surface area (Å²) in [5.74, 6) is -0.118. The third-order valence-corrected chi connectivity index (χ3v) is 5.10. The Morgan fingerprint density at radius 1 is 1.20 bits per heavy atom. The molecule has 1 aliphatic heterocycles. The lowest BCUT2D eigenvalue weighted by molar-refractivity contribution is -0.898. The van der Waals surface area contributed by atoms with Crippen LogP contribution in [0.1, 0.15) is 22.8 Å². The lowest BCUT2D eigenvalue weighted by Crippen LogP contribution is -3.14. The molecule has 25 heavy (non-hydrogen) atoms. The SMILES string of the molecule is CC[NH+]1CCN(c2ccc(NC(=O)c3cccc(C)c3)cc2Cl)CC1. The van der Waals surface area contributed by atoms with E-state index in [1.54, 1.807) is 4.90 Å². The molecule has 3 rings (SSSR count). The number of amides is 1. The molecule has 0 spiro atoms. The highest BCUT2D eigenvalue weighted by molar-refractivity contribution is 6.33. The number of nitrogens with one attached hydrogen (secondary N) is 2. The summed E-state index contributed by atoms with van der Waals surface area (Å²) in [6.45, 7) is 9.67. The van der Waals surface area contributed by atoms with Crippen LogP contribution >= 0.6 is 11.6 Å². The molecule has 0 atom stereocenters.